The van der Waals surface area contributed by atoms with Gasteiger partial charge in [0.2, 0.25) is 11.0 Å². The van der Waals surface area contributed by atoms with Gasteiger partial charge in [-0.3, -0.25) is 4.79 Å². The summed E-state index contributed by atoms with van der Waals surface area (Å²) in [6, 6.07) is 18.1. The van der Waals surface area contributed by atoms with Crippen LogP contribution in [0, 0.1) is 0 Å². The first-order valence-corrected chi connectivity index (χ1v) is 11.9. The van der Waals surface area contributed by atoms with Gasteiger partial charge in [0.1, 0.15) is 11.6 Å². The number of anilines is 1. The van der Waals surface area contributed by atoms with E-state index < -0.39 is 0 Å². The van der Waals surface area contributed by atoms with Crippen molar-refractivity contribution in [2.45, 2.75) is 39.7 Å². The molecule has 0 spiro atoms. The highest BCUT2D eigenvalue weighted by Crippen LogP contribution is 2.22. The van der Waals surface area contributed by atoms with E-state index in [-0.39, 0.29) is 5.91 Å². The van der Waals surface area contributed by atoms with Gasteiger partial charge in [-0.15, -0.1) is 0 Å². The van der Waals surface area contributed by atoms with Crippen molar-refractivity contribution < 1.29 is 9.53 Å². The summed E-state index contributed by atoms with van der Waals surface area (Å²) in [7, 11) is 1.66. The molecule has 170 valence electrons. The monoisotopic (exact) mass is 452 g/mol. The van der Waals surface area contributed by atoms with Crippen LogP contribution in [0.4, 0.5) is 5.13 Å². The van der Waals surface area contributed by atoms with Crippen LogP contribution in [0.1, 0.15) is 43.6 Å². The molecule has 0 fully saturated rings. The summed E-state index contributed by atoms with van der Waals surface area (Å²) in [6.07, 6.45) is 2.53. The van der Waals surface area contributed by atoms with Gasteiger partial charge in [0.25, 0.3) is 0 Å². The van der Waals surface area contributed by atoms with Crippen molar-refractivity contribution >= 4 is 22.6 Å². The van der Waals surface area contributed by atoms with Crippen LogP contribution in [0.15, 0.2) is 54.6 Å². The number of carbonyl (C=O) groups excluding carboxylic acids is 1. The predicted octanol–water partition coefficient (Wildman–Crippen LogP) is 4.79. The summed E-state index contributed by atoms with van der Waals surface area (Å²) in [5, 5.41) is 0.771. The third-order valence-corrected chi connectivity index (χ3v) is 5.92. The zero-order valence-electron chi connectivity index (χ0n) is 19.2. The number of ether oxygens (including phenoxy) is 1. The lowest BCUT2D eigenvalue weighted by Gasteiger charge is -2.27. The molecule has 0 saturated heterocycles. The maximum absolute atomic E-state index is 13.1. The number of hydrogen-bond donors (Lipinski definition) is 0. The van der Waals surface area contributed by atoms with Crippen molar-refractivity contribution in [3.05, 3.63) is 71.5 Å². The smallest absolute Gasteiger partial charge is 0.242 e. The molecule has 0 N–H and O–H groups in total. The lowest BCUT2D eigenvalue weighted by Crippen LogP contribution is -2.41. The van der Waals surface area contributed by atoms with Crippen LogP contribution < -0.4 is 9.64 Å². The highest BCUT2D eigenvalue weighted by Gasteiger charge is 2.20. The van der Waals surface area contributed by atoms with E-state index in [2.05, 4.69) is 30.4 Å². The molecule has 0 radical (unpaired) electrons. The molecule has 7 heteroatoms. The van der Waals surface area contributed by atoms with Crippen LogP contribution in [0.5, 0.6) is 5.75 Å². The van der Waals surface area contributed by atoms with Crippen LogP contribution >= 0.6 is 11.5 Å². The fourth-order valence-corrected chi connectivity index (χ4v) is 4.25. The fraction of sp³-hybridized carbons (Fsp3) is 0.400. The molecule has 6 nitrogen and oxygen atoms in total. The zero-order valence-corrected chi connectivity index (χ0v) is 20.0. The van der Waals surface area contributed by atoms with Gasteiger partial charge < -0.3 is 14.5 Å². The number of rotatable bonds is 12. The topological polar surface area (TPSA) is 58.6 Å². The van der Waals surface area contributed by atoms with Gasteiger partial charge in [-0.25, -0.2) is 4.98 Å². The second kappa shape index (κ2) is 12.2. The third-order valence-electron chi connectivity index (χ3n) is 5.11. The minimum absolute atomic E-state index is 0.133. The first-order valence-electron chi connectivity index (χ1n) is 11.1. The summed E-state index contributed by atoms with van der Waals surface area (Å²) < 4.78 is 9.90. The minimum atomic E-state index is 0.133. The Hall–Kier alpha value is -2.93. The van der Waals surface area contributed by atoms with Gasteiger partial charge in [-0.1, -0.05) is 56.3 Å². The first kappa shape index (κ1) is 23.7. The average molecular weight is 453 g/mol. The Labute approximate surface area is 195 Å². The Morgan fingerprint density at radius 3 is 2.41 bits per heavy atom. The minimum Gasteiger partial charge on any atom is -0.497 e. The predicted molar refractivity (Wildman–Crippen MR) is 130 cm³/mol. The molecule has 0 unspecified atom stereocenters. The van der Waals surface area contributed by atoms with Gasteiger partial charge in [0.05, 0.1) is 13.7 Å². The summed E-state index contributed by atoms with van der Waals surface area (Å²) in [4.78, 5) is 21.9. The number of hydrogen-bond acceptors (Lipinski definition) is 6. The molecule has 0 aliphatic heterocycles. The summed E-state index contributed by atoms with van der Waals surface area (Å²) in [6.45, 7) is 6.68. The molecule has 0 atom stereocenters. The molecule has 0 aliphatic rings. The largest absolute Gasteiger partial charge is 0.497 e. The van der Waals surface area contributed by atoms with Gasteiger partial charge in [0.15, 0.2) is 0 Å². The van der Waals surface area contributed by atoms with Crippen molar-refractivity contribution in [2.24, 2.45) is 0 Å². The highest BCUT2D eigenvalue weighted by molar-refractivity contribution is 7.09. The molecule has 3 rings (SSSR count). The van der Waals surface area contributed by atoms with E-state index in [1.165, 1.54) is 11.5 Å². The quantitative estimate of drug-likeness (QED) is 0.395. The average Bonchev–Trinajstić information content (AvgIpc) is 3.27. The number of carbonyl (C=O) groups is 1. The van der Waals surface area contributed by atoms with Crippen LogP contribution in [0.25, 0.3) is 0 Å². The Kier molecular flexibility index (Phi) is 9.04. The van der Waals surface area contributed by atoms with E-state index in [0.717, 1.165) is 53.8 Å². The van der Waals surface area contributed by atoms with Crippen molar-refractivity contribution in [2.75, 3.05) is 31.6 Å². The maximum Gasteiger partial charge on any atom is 0.242 e. The fourth-order valence-electron chi connectivity index (χ4n) is 3.57. The number of amides is 1. The molecule has 1 amide bonds. The molecular weight excluding hydrogens is 420 g/mol. The van der Waals surface area contributed by atoms with Crippen LogP contribution in [0.2, 0.25) is 0 Å². The Balaban J connectivity index is 1.79. The van der Waals surface area contributed by atoms with Gasteiger partial charge in [0, 0.05) is 37.6 Å². The summed E-state index contributed by atoms with van der Waals surface area (Å²) >= 11 is 1.35. The molecule has 2 aromatic carbocycles. The van der Waals surface area contributed by atoms with Crippen molar-refractivity contribution in [3.63, 3.8) is 0 Å². The summed E-state index contributed by atoms with van der Waals surface area (Å²) in [5.41, 5.74) is 2.24. The Morgan fingerprint density at radius 2 is 1.72 bits per heavy atom. The molecule has 3 aromatic rings. The lowest BCUT2D eigenvalue weighted by atomic mass is 10.1. The number of benzene rings is 2. The van der Waals surface area contributed by atoms with Crippen LogP contribution in [-0.4, -0.2) is 46.9 Å². The maximum atomic E-state index is 13.1. The van der Waals surface area contributed by atoms with Crippen molar-refractivity contribution in [3.8, 4) is 5.75 Å². The number of aromatic nitrogens is 2. The van der Waals surface area contributed by atoms with E-state index in [0.29, 0.717) is 19.5 Å². The van der Waals surface area contributed by atoms with E-state index >= 15 is 0 Å². The van der Waals surface area contributed by atoms with Crippen molar-refractivity contribution in [1.82, 2.24) is 14.3 Å². The zero-order chi connectivity index (χ0) is 22.8. The second-order valence-electron chi connectivity index (χ2n) is 7.74. The molecule has 0 saturated carbocycles. The Bertz CT molecular complexity index is 971. The van der Waals surface area contributed by atoms with E-state index in [4.69, 9.17) is 9.72 Å². The normalized spacial score (nSPS) is 10.7. The van der Waals surface area contributed by atoms with Gasteiger partial charge in [-0.05, 0) is 36.1 Å². The van der Waals surface area contributed by atoms with E-state index in [9.17, 15) is 4.79 Å². The first-order chi connectivity index (χ1) is 15.6. The lowest BCUT2D eigenvalue weighted by molar-refractivity contribution is -0.129. The molecule has 1 aromatic heterocycles. The second-order valence-corrected chi connectivity index (χ2v) is 8.47. The standard InChI is InChI=1S/C25H32N4O2S/c1-4-14-28(15-5-2)24(30)19-29(18-20-10-7-6-8-11-20)25-26-23(27-32-25)17-21-12-9-13-22(16-21)31-3/h6-13,16H,4-5,14-15,17-19H2,1-3H3. The molecular formula is C25H32N4O2S. The highest BCUT2D eigenvalue weighted by atomic mass is 32.1. The third kappa shape index (κ3) is 6.79. The number of nitrogens with zero attached hydrogens (tertiary/aromatic N) is 4. The van der Waals surface area contributed by atoms with E-state index in [1.54, 1.807) is 7.11 Å². The van der Waals surface area contributed by atoms with Crippen LogP contribution in [0.3, 0.4) is 0 Å². The SMILES string of the molecule is CCCN(CCC)C(=O)CN(Cc1ccccc1)c1nc(Cc2cccc(OC)c2)ns1. The molecule has 0 aliphatic carbocycles. The Morgan fingerprint density at radius 1 is 1.00 bits per heavy atom. The van der Waals surface area contributed by atoms with Crippen molar-refractivity contribution in [1.29, 1.82) is 0 Å². The van der Waals surface area contributed by atoms with Gasteiger partial charge in [-0.2, -0.15) is 4.37 Å². The molecule has 0 bridgehead atoms. The molecule has 1 heterocycles. The van der Waals surface area contributed by atoms with E-state index in [1.807, 2.05) is 52.3 Å². The van der Waals surface area contributed by atoms with Gasteiger partial charge >= 0.3 is 0 Å². The molecule has 32 heavy (non-hydrogen) atoms. The number of methoxy groups -OCH3 is 1. The summed E-state index contributed by atoms with van der Waals surface area (Å²) in [5.74, 6) is 1.71. The van der Waals surface area contributed by atoms with Crippen LogP contribution in [-0.2, 0) is 17.8 Å².